The van der Waals surface area contributed by atoms with E-state index in [1.165, 1.54) is 111 Å². The van der Waals surface area contributed by atoms with Crippen LogP contribution in [0.2, 0.25) is 0 Å². The number of hydrogen-bond acceptors (Lipinski definition) is 0. The summed E-state index contributed by atoms with van der Waals surface area (Å²) < 4.78 is 0. The van der Waals surface area contributed by atoms with Crippen molar-refractivity contribution in [3.63, 3.8) is 0 Å². The topological polar surface area (TPSA) is 0 Å². The van der Waals surface area contributed by atoms with Crippen molar-refractivity contribution in [2.75, 3.05) is 0 Å². The molecule has 0 radical (unpaired) electrons. The van der Waals surface area contributed by atoms with Gasteiger partial charge in [0.15, 0.2) is 0 Å². The lowest BCUT2D eigenvalue weighted by Gasteiger charge is -2.50. The zero-order valence-corrected chi connectivity index (χ0v) is 44.8. The molecule has 1 unspecified atom stereocenters. The Hall–Kier alpha value is -8.06. The molecule has 0 saturated carbocycles. The molecule has 0 aromatic heterocycles. The summed E-state index contributed by atoms with van der Waals surface area (Å²) >= 11 is 0. The third-order valence-corrected chi connectivity index (χ3v) is 15.7. The lowest BCUT2D eigenvalue weighted by Crippen LogP contribution is -2.44. The Bertz CT molecular complexity index is 3500. The highest BCUT2D eigenvalue weighted by atomic mass is 14.6. The van der Waals surface area contributed by atoms with E-state index in [0.29, 0.717) is 0 Å². The van der Waals surface area contributed by atoms with E-state index in [-0.39, 0.29) is 10.8 Å². The second-order valence-corrected chi connectivity index (χ2v) is 19.5. The Kier molecular flexibility index (Phi) is 15.2. The summed E-state index contributed by atoms with van der Waals surface area (Å²) in [5.74, 6) is 0. The quantitative estimate of drug-likeness (QED) is 0.165. The van der Waals surface area contributed by atoms with Gasteiger partial charge in [0.05, 0.1) is 10.8 Å². The van der Waals surface area contributed by atoms with Gasteiger partial charge < -0.3 is 0 Å². The zero-order valence-electron chi connectivity index (χ0n) is 44.8. The molecule has 0 heterocycles. The molecule has 75 heavy (non-hydrogen) atoms. The summed E-state index contributed by atoms with van der Waals surface area (Å²) in [5.41, 5.74) is 27.4. The molecule has 2 spiro atoms. The van der Waals surface area contributed by atoms with Crippen molar-refractivity contribution in [2.24, 2.45) is 0 Å². The first-order valence-corrected chi connectivity index (χ1v) is 27.7. The van der Waals surface area contributed by atoms with Crippen LogP contribution < -0.4 is 0 Å². The van der Waals surface area contributed by atoms with E-state index in [1.54, 1.807) is 0 Å². The Labute approximate surface area is 448 Å². The van der Waals surface area contributed by atoms with Gasteiger partial charge in [0, 0.05) is 0 Å². The van der Waals surface area contributed by atoms with Gasteiger partial charge in [-0.2, -0.15) is 0 Å². The minimum Gasteiger partial charge on any atom is -0.0839 e. The Morgan fingerprint density at radius 1 is 0.387 bits per heavy atom. The maximum atomic E-state index is 2.46. The first kappa shape index (κ1) is 50.5. The summed E-state index contributed by atoms with van der Waals surface area (Å²) in [6, 6.07) is 84.5. The summed E-state index contributed by atoms with van der Waals surface area (Å²) in [7, 11) is 0. The molecule has 5 aliphatic carbocycles. The highest BCUT2D eigenvalue weighted by molar-refractivity contribution is 5.95. The van der Waals surface area contributed by atoms with E-state index in [1.807, 2.05) is 33.8 Å². The van der Waals surface area contributed by atoms with Crippen LogP contribution in [0.4, 0.5) is 0 Å². The lowest BCUT2D eigenvalue weighted by atomic mass is 9.51. The number of benzene rings is 9. The normalized spacial score (nSPS) is 16.2. The van der Waals surface area contributed by atoms with Crippen LogP contribution in [0, 0.1) is 6.92 Å². The third kappa shape index (κ3) is 8.81. The van der Waals surface area contributed by atoms with Crippen LogP contribution in [0.25, 0.3) is 39.0 Å². The van der Waals surface area contributed by atoms with Crippen molar-refractivity contribution in [1.82, 2.24) is 0 Å². The Morgan fingerprint density at radius 2 is 0.853 bits per heavy atom. The molecule has 0 fully saturated rings. The van der Waals surface area contributed by atoms with Gasteiger partial charge in [0.25, 0.3) is 0 Å². The van der Waals surface area contributed by atoms with Crippen LogP contribution >= 0.6 is 0 Å². The molecule has 0 amide bonds. The SMILES string of the molecule is C1=C(c2ccccc2)C=C(c2ccccc2)CC1.CC.CC.CCc1cccc2c1C1(c3ccccc3-c3ccccc31)c1ccccc1C21C2=C(CCC=C2)c2ccccc21.Cc1ccc(-c2ccccc2)cc1. The van der Waals surface area contributed by atoms with Gasteiger partial charge in [-0.3, -0.25) is 0 Å². The molecule has 9 aromatic rings. The van der Waals surface area contributed by atoms with Crippen molar-refractivity contribution < 1.29 is 0 Å². The maximum Gasteiger partial charge on any atom is 0.0722 e. The lowest BCUT2D eigenvalue weighted by molar-refractivity contribution is 0.622. The first-order chi connectivity index (χ1) is 37.1. The van der Waals surface area contributed by atoms with Gasteiger partial charge in [-0.1, -0.05) is 295 Å². The van der Waals surface area contributed by atoms with Crippen molar-refractivity contribution in [2.45, 2.75) is 84.5 Å². The van der Waals surface area contributed by atoms with Crippen LogP contribution in [0.1, 0.15) is 127 Å². The van der Waals surface area contributed by atoms with Crippen LogP contribution in [-0.4, -0.2) is 0 Å². The molecule has 1 atom stereocenters. The van der Waals surface area contributed by atoms with E-state index in [4.69, 9.17) is 0 Å². The van der Waals surface area contributed by atoms with Gasteiger partial charge in [-0.05, 0) is 145 Å². The molecular formula is C75H70. The molecule has 5 aliphatic rings. The molecule has 14 rings (SSSR count). The molecule has 9 aromatic carbocycles. The van der Waals surface area contributed by atoms with E-state index in [9.17, 15) is 0 Å². The van der Waals surface area contributed by atoms with Gasteiger partial charge in [0.2, 0.25) is 0 Å². The van der Waals surface area contributed by atoms with Crippen LogP contribution in [-0.2, 0) is 17.3 Å². The minimum absolute atomic E-state index is 0.322. The molecule has 0 N–H and O–H groups in total. The number of allylic oxidation sites excluding steroid dienone is 8. The molecule has 0 nitrogen and oxygen atoms in total. The highest BCUT2D eigenvalue weighted by Crippen LogP contribution is 2.68. The summed E-state index contributed by atoms with van der Waals surface area (Å²) in [6.45, 7) is 12.4. The predicted molar refractivity (Wildman–Crippen MR) is 322 cm³/mol. The maximum absolute atomic E-state index is 2.46. The monoisotopic (exact) mass is 971 g/mol. The van der Waals surface area contributed by atoms with Crippen LogP contribution in [0.15, 0.2) is 260 Å². The number of hydrogen-bond donors (Lipinski definition) is 0. The van der Waals surface area contributed by atoms with Crippen molar-refractivity contribution in [1.29, 1.82) is 0 Å². The average molecular weight is 971 g/mol. The Morgan fingerprint density at radius 3 is 1.44 bits per heavy atom. The second kappa shape index (κ2) is 22.6. The van der Waals surface area contributed by atoms with Gasteiger partial charge >= 0.3 is 0 Å². The fraction of sp³-hybridized carbons (Fsp3) is 0.173. The summed E-state index contributed by atoms with van der Waals surface area (Å²) in [6.07, 6.45) is 15.0. The van der Waals surface area contributed by atoms with Crippen LogP contribution in [0.5, 0.6) is 0 Å². The summed E-state index contributed by atoms with van der Waals surface area (Å²) in [4.78, 5) is 0. The molecule has 0 saturated heterocycles. The summed E-state index contributed by atoms with van der Waals surface area (Å²) in [5, 5.41) is 0. The van der Waals surface area contributed by atoms with Gasteiger partial charge in [-0.15, -0.1) is 0 Å². The number of aryl methyl sites for hydroxylation is 2. The van der Waals surface area contributed by atoms with Gasteiger partial charge in [-0.25, -0.2) is 0 Å². The third-order valence-electron chi connectivity index (χ3n) is 15.7. The predicted octanol–water partition coefficient (Wildman–Crippen LogP) is 20.0. The number of rotatable bonds is 4. The average Bonchev–Trinajstić information content (AvgIpc) is 4.22. The van der Waals surface area contributed by atoms with Crippen molar-refractivity contribution in [3.8, 4) is 22.3 Å². The van der Waals surface area contributed by atoms with E-state index in [0.717, 1.165) is 32.1 Å². The largest absolute Gasteiger partial charge is 0.0839 e. The van der Waals surface area contributed by atoms with Crippen LogP contribution in [0.3, 0.4) is 0 Å². The smallest absolute Gasteiger partial charge is 0.0722 e. The van der Waals surface area contributed by atoms with E-state index < -0.39 is 0 Å². The molecule has 0 aliphatic heterocycles. The minimum atomic E-state index is -0.354. The van der Waals surface area contributed by atoms with Crippen molar-refractivity contribution in [3.05, 3.63) is 327 Å². The number of fused-ring (bicyclic) bond motifs is 15. The Balaban J connectivity index is 0.000000151. The fourth-order valence-electron chi connectivity index (χ4n) is 12.7. The van der Waals surface area contributed by atoms with E-state index in [2.05, 4.69) is 263 Å². The highest BCUT2D eigenvalue weighted by Gasteiger charge is 2.59. The zero-order chi connectivity index (χ0) is 51.8. The van der Waals surface area contributed by atoms with E-state index >= 15 is 0 Å². The molecule has 0 heteroatoms. The molecule has 0 bridgehead atoms. The molecule has 370 valence electrons. The second-order valence-electron chi connectivity index (χ2n) is 19.5. The first-order valence-electron chi connectivity index (χ1n) is 27.7. The standard InChI is InChI=1S/C40H30.C18H16.C13H12.2C2H6/c1-2-26-14-13-25-37-38(26)40(33-21-9-5-17-29(33)30-18-6-10-22-34(30)40)36-24-12-11-23-35(36)39(37)31-19-7-3-15-27(31)28-16-4-8-20-32(28)39;1-3-8-15(9-4-1)17-12-7-13-18(14-17)16-10-5-2-6-11-16;1-11-7-9-13(10-8-11)12-5-3-2-4-6-12;2*1-2/h3,5-15,17-25H,2,4,16H2,1H3;1-6,8-12,14H,7,13H2;2-10H,1H3;2*1-2H3. The van der Waals surface area contributed by atoms with Gasteiger partial charge in [0.1, 0.15) is 0 Å². The molecular weight excluding hydrogens is 901 g/mol. The van der Waals surface area contributed by atoms with Crippen molar-refractivity contribution >= 4 is 16.7 Å². The fourth-order valence-corrected chi connectivity index (χ4v) is 12.7.